The second-order valence-corrected chi connectivity index (χ2v) is 11.9. The van der Waals surface area contributed by atoms with Gasteiger partial charge in [-0.2, -0.15) is 10.2 Å². The number of hydrogen-bond donors (Lipinski definition) is 5. The van der Waals surface area contributed by atoms with E-state index in [4.69, 9.17) is 19.0 Å². The summed E-state index contributed by atoms with van der Waals surface area (Å²) in [6.07, 6.45) is -5.56. The van der Waals surface area contributed by atoms with Crippen molar-refractivity contribution in [2.24, 2.45) is 7.05 Å². The van der Waals surface area contributed by atoms with E-state index in [0.29, 0.717) is 17.9 Å². The Morgan fingerprint density at radius 1 is 1.13 bits per heavy atom. The van der Waals surface area contributed by atoms with Gasteiger partial charge in [0.05, 0.1) is 24.1 Å². The Morgan fingerprint density at radius 3 is 2.30 bits per heavy atom. The molecular weight excluding hydrogens is 634 g/mol. The van der Waals surface area contributed by atoms with Crippen molar-refractivity contribution in [3.8, 4) is 5.75 Å². The van der Waals surface area contributed by atoms with E-state index in [1.54, 1.807) is 0 Å². The van der Waals surface area contributed by atoms with Crippen molar-refractivity contribution in [3.63, 3.8) is 0 Å². The molecule has 0 radical (unpaired) electrons. The molecule has 1 aliphatic heterocycles. The summed E-state index contributed by atoms with van der Waals surface area (Å²) < 4.78 is 52.8. The summed E-state index contributed by atoms with van der Waals surface area (Å²) in [4.78, 5) is 30.4. The summed E-state index contributed by atoms with van der Waals surface area (Å²) in [6.45, 7) is 13.0. The van der Waals surface area contributed by atoms with Crippen LogP contribution in [0.25, 0.3) is 0 Å². The maximum absolute atomic E-state index is 12.5. The molecule has 0 bridgehead atoms. The van der Waals surface area contributed by atoms with Crippen LogP contribution < -0.4 is 9.84 Å². The zero-order valence-corrected chi connectivity index (χ0v) is 28.0. The number of carbonyl (C=O) groups excluding carboxylic acids is 1. The van der Waals surface area contributed by atoms with E-state index >= 15 is 0 Å². The fourth-order valence-electron chi connectivity index (χ4n) is 4.81. The van der Waals surface area contributed by atoms with Crippen LogP contribution in [-0.2, 0) is 35.3 Å². The Bertz CT molecular complexity index is 1440. The van der Waals surface area contributed by atoms with E-state index in [1.165, 1.54) is 13.1 Å². The maximum atomic E-state index is 12.5. The molecule has 1 aromatic carbocycles. The largest absolute Gasteiger partial charge is 0.522 e. The first-order valence-electron chi connectivity index (χ1n) is 14.4. The topological polar surface area (TPSA) is 173 Å². The van der Waals surface area contributed by atoms with Crippen molar-refractivity contribution in [2.45, 2.75) is 92.2 Å². The Balaban J connectivity index is 0.000000348. The van der Waals surface area contributed by atoms with Crippen LogP contribution in [0.3, 0.4) is 0 Å². The molecule has 4 rings (SSSR count). The summed E-state index contributed by atoms with van der Waals surface area (Å²) in [5.74, 6) is 0.0599. The van der Waals surface area contributed by atoms with Crippen molar-refractivity contribution in [3.05, 3.63) is 58.0 Å². The number of nitrogens with one attached hydrogen (secondary N) is 1. The first-order valence-corrected chi connectivity index (χ1v) is 15.5. The fourth-order valence-corrected chi connectivity index (χ4v) is 5.13. The third kappa shape index (κ3) is 11.3. The van der Waals surface area contributed by atoms with Crippen molar-refractivity contribution in [1.29, 1.82) is 0 Å². The van der Waals surface area contributed by atoms with Crippen molar-refractivity contribution in [2.75, 3.05) is 11.9 Å². The van der Waals surface area contributed by atoms with E-state index in [-0.39, 0.29) is 29.2 Å². The second-order valence-electron chi connectivity index (χ2n) is 11.2. The number of amides is 1. The average molecular weight is 678 g/mol. The highest BCUT2D eigenvalue weighted by Crippen LogP contribution is 2.40. The number of carbonyl (C=O) groups is 1. The van der Waals surface area contributed by atoms with Gasteiger partial charge in [-0.1, -0.05) is 40.7 Å². The third-order valence-corrected chi connectivity index (χ3v) is 6.76. The van der Waals surface area contributed by atoms with Crippen molar-refractivity contribution < 1.29 is 52.0 Å². The quantitative estimate of drug-likeness (QED) is 0.207. The smallest absolute Gasteiger partial charge is 0.427 e. The van der Waals surface area contributed by atoms with Crippen LogP contribution in [0, 0.1) is 13.8 Å². The monoisotopic (exact) mass is 677 g/mol. The summed E-state index contributed by atoms with van der Waals surface area (Å²) >= 11 is 0. The minimum atomic E-state index is -4.81. The van der Waals surface area contributed by atoms with E-state index in [9.17, 15) is 28.2 Å². The molecule has 2 aromatic heterocycles. The van der Waals surface area contributed by atoms with Crippen LogP contribution in [0.2, 0.25) is 0 Å². The number of hydrogen-bond acceptors (Lipinski definition) is 10. The summed E-state index contributed by atoms with van der Waals surface area (Å²) in [6, 6.07) is 6.57. The fraction of sp³-hybridized carbons (Fsp3) is 0.552. The molecule has 17 heteroatoms. The molecule has 3 aromatic rings. The number of ether oxygens (including phenoxy) is 2. The van der Waals surface area contributed by atoms with Crippen LogP contribution in [0.15, 0.2) is 24.3 Å². The van der Waals surface area contributed by atoms with Gasteiger partial charge < -0.3 is 34.6 Å². The first kappa shape index (κ1) is 39.1. The van der Waals surface area contributed by atoms with Gasteiger partial charge in [0, 0.05) is 25.1 Å². The third-order valence-electron chi connectivity index (χ3n) is 6.40. The lowest BCUT2D eigenvalue weighted by Crippen LogP contribution is -2.18. The van der Waals surface area contributed by atoms with Crippen LogP contribution in [-0.4, -0.2) is 64.5 Å². The molecule has 46 heavy (non-hydrogen) atoms. The number of aromatic nitrogens is 4. The van der Waals surface area contributed by atoms with E-state index in [0.717, 1.165) is 32.1 Å². The molecule has 13 nitrogen and oxygen atoms in total. The molecule has 5 N–H and O–H groups in total. The summed E-state index contributed by atoms with van der Waals surface area (Å²) in [5, 5.41) is 29.4. The second kappa shape index (κ2) is 16.6. The molecule has 1 saturated heterocycles. The molecule has 1 amide bonds. The molecule has 258 valence electrons. The average Bonchev–Trinajstić information content (AvgIpc) is 3.65. The highest BCUT2D eigenvalue weighted by Gasteiger charge is 2.31. The van der Waals surface area contributed by atoms with Crippen molar-refractivity contribution in [1.82, 2.24) is 19.6 Å². The summed E-state index contributed by atoms with van der Waals surface area (Å²) in [5.41, 5.74) is 3.43. The lowest BCUT2D eigenvalue weighted by Gasteiger charge is -2.25. The lowest BCUT2D eigenvalue weighted by atomic mass is 9.83. The van der Waals surface area contributed by atoms with Gasteiger partial charge in [0.1, 0.15) is 36.7 Å². The van der Waals surface area contributed by atoms with Crippen LogP contribution in [0.4, 0.5) is 19.0 Å². The highest BCUT2D eigenvalue weighted by molar-refractivity contribution is 7.39. The van der Waals surface area contributed by atoms with E-state index in [1.807, 2.05) is 33.8 Å². The minimum Gasteiger partial charge on any atom is -0.427 e. The number of nitrogens with zero attached hydrogens (tertiary/aromatic N) is 4. The summed E-state index contributed by atoms with van der Waals surface area (Å²) in [7, 11) is -0.968. The van der Waals surface area contributed by atoms with E-state index < -0.39 is 46.4 Å². The molecule has 1 aliphatic rings. The Hall–Kier alpha value is -3.11. The predicted octanol–water partition coefficient (Wildman–Crippen LogP) is 4.89. The molecule has 0 spiro atoms. The van der Waals surface area contributed by atoms with Gasteiger partial charge in [-0.25, -0.2) is 4.68 Å². The Morgan fingerprint density at radius 2 is 1.78 bits per heavy atom. The van der Waals surface area contributed by atoms with Gasteiger partial charge in [0.15, 0.2) is 0 Å². The number of aryl methyl sites for hydroxylation is 3. The predicted molar refractivity (Wildman–Crippen MR) is 164 cm³/mol. The number of benzene rings is 1. The van der Waals surface area contributed by atoms with Gasteiger partial charge in [-0.05, 0) is 42.5 Å². The number of aliphatic hydroxyl groups is 2. The van der Waals surface area contributed by atoms with Gasteiger partial charge in [-0.3, -0.25) is 14.2 Å². The van der Waals surface area contributed by atoms with Gasteiger partial charge in [0.25, 0.3) is 5.91 Å². The molecule has 3 heterocycles. The number of aliphatic hydroxyl groups excluding tert-OH is 2. The minimum absolute atomic E-state index is 0.0134. The molecule has 1 fully saturated rings. The number of rotatable bonds is 8. The normalized spacial score (nSPS) is 16.4. The van der Waals surface area contributed by atoms with Crippen LogP contribution in [0.1, 0.15) is 85.7 Å². The number of halogens is 3. The number of alkyl halides is 3. The lowest BCUT2D eigenvalue weighted by molar-refractivity contribution is -0.330. The maximum Gasteiger partial charge on any atom is 0.522 e. The highest BCUT2D eigenvalue weighted by atomic mass is 31.2. The van der Waals surface area contributed by atoms with E-state index in [2.05, 4.69) is 47.1 Å². The molecule has 0 aliphatic carbocycles. The standard InChI is InChI=1S/C15H18F3N5O5.C12H19O3P.C2H6/c1-22-11(2-8(20-22)5-28-15(16,17)18)14(26)19-13-4-10(21-23(13)7-24)12-3-9(25)6-27-12;1-8-6-9(2)11(12(3,4)5)10(7-8)15-16(13)14;1-2/h2,4,9,12,24-25H,3,5-7H2,1H3,(H,19,26);6-7,13-14H,1-5H3;1-2H3. The van der Waals surface area contributed by atoms with Crippen LogP contribution in [0.5, 0.6) is 5.75 Å². The zero-order valence-electron chi connectivity index (χ0n) is 27.1. The number of anilines is 1. The van der Waals surface area contributed by atoms with Gasteiger partial charge in [0.2, 0.25) is 0 Å². The molecule has 0 saturated carbocycles. The molecule has 2 atom stereocenters. The molecular formula is C29H43F3N5O8P. The van der Waals surface area contributed by atoms with Crippen LogP contribution >= 0.6 is 8.60 Å². The van der Waals surface area contributed by atoms with Gasteiger partial charge in [-0.15, -0.1) is 13.2 Å². The Labute approximate surface area is 266 Å². The Kier molecular flexibility index (Phi) is 14.1. The SMILES string of the molecule is CC.Cc1cc(C)c(C(C)(C)C)c(OP(O)O)c1.Cn1nc(COC(F)(F)F)cc1C(=O)Nc1cc(C2CC(O)CO2)nn1CO. The first-order chi connectivity index (χ1) is 21.4. The zero-order chi connectivity index (χ0) is 35.0. The van der Waals surface area contributed by atoms with Crippen molar-refractivity contribution >= 4 is 20.3 Å². The molecule has 2 unspecified atom stereocenters. The van der Waals surface area contributed by atoms with Gasteiger partial charge >= 0.3 is 15.0 Å².